The number of ether oxygens (including phenoxy) is 3. The quantitative estimate of drug-likeness (QED) is 0.633. The second kappa shape index (κ2) is 10.7. The van der Waals surface area contributed by atoms with E-state index in [2.05, 4.69) is 25.2 Å². The van der Waals surface area contributed by atoms with E-state index in [-0.39, 0.29) is 6.04 Å². The van der Waals surface area contributed by atoms with Gasteiger partial charge in [0, 0.05) is 12.7 Å². The van der Waals surface area contributed by atoms with Crippen LogP contribution in [0.1, 0.15) is 31.9 Å². The van der Waals surface area contributed by atoms with Crippen molar-refractivity contribution in [3.05, 3.63) is 29.8 Å². The van der Waals surface area contributed by atoms with Crippen LogP contribution >= 0.6 is 0 Å². The molecule has 0 spiro atoms. The third-order valence-corrected chi connectivity index (χ3v) is 2.92. The van der Waals surface area contributed by atoms with Crippen LogP contribution in [0.15, 0.2) is 24.3 Å². The zero-order chi connectivity index (χ0) is 14.6. The minimum absolute atomic E-state index is 0.143. The molecule has 0 saturated carbocycles. The molecule has 0 aromatic heterocycles. The molecule has 0 radical (unpaired) electrons. The van der Waals surface area contributed by atoms with E-state index in [0.717, 1.165) is 30.9 Å². The number of nitrogens with one attached hydrogen (secondary N) is 1. The van der Waals surface area contributed by atoms with Crippen molar-refractivity contribution >= 4 is 0 Å². The van der Waals surface area contributed by atoms with Crippen LogP contribution in [0.3, 0.4) is 0 Å². The fourth-order valence-corrected chi connectivity index (χ4v) is 1.96. The Morgan fingerprint density at radius 2 is 1.90 bits per heavy atom. The predicted octanol–water partition coefficient (Wildman–Crippen LogP) is 2.79. The molecule has 20 heavy (non-hydrogen) atoms. The Hall–Kier alpha value is -1.10. The first kappa shape index (κ1) is 17.0. The minimum atomic E-state index is 0.143. The van der Waals surface area contributed by atoms with Gasteiger partial charge in [0.2, 0.25) is 0 Å². The average Bonchev–Trinajstić information content (AvgIpc) is 2.49. The molecule has 1 aromatic rings. The van der Waals surface area contributed by atoms with E-state index in [1.807, 2.05) is 18.2 Å². The summed E-state index contributed by atoms with van der Waals surface area (Å²) < 4.78 is 16.5. The van der Waals surface area contributed by atoms with Gasteiger partial charge in [0.15, 0.2) is 0 Å². The van der Waals surface area contributed by atoms with Gasteiger partial charge < -0.3 is 19.5 Å². The second-order valence-electron chi connectivity index (χ2n) is 4.56. The number of benzene rings is 1. The van der Waals surface area contributed by atoms with Crippen molar-refractivity contribution in [3.63, 3.8) is 0 Å². The Bertz CT molecular complexity index is 357. The lowest BCUT2D eigenvalue weighted by atomic mass is 10.1. The molecule has 1 aromatic carbocycles. The maximum atomic E-state index is 5.82. The van der Waals surface area contributed by atoms with E-state index in [1.54, 1.807) is 7.11 Å². The van der Waals surface area contributed by atoms with Crippen molar-refractivity contribution in [2.75, 3.05) is 40.1 Å². The van der Waals surface area contributed by atoms with Gasteiger partial charge in [0.25, 0.3) is 0 Å². The standard InChI is InChI=1S/C16H27NO3/c1-4-10-20-16-9-7-6-8-14(16)15(17-5-2)13-19-12-11-18-3/h6-9,15,17H,4-5,10-13H2,1-3H3. The van der Waals surface area contributed by atoms with Gasteiger partial charge >= 0.3 is 0 Å². The zero-order valence-corrected chi connectivity index (χ0v) is 12.9. The number of methoxy groups -OCH3 is 1. The largest absolute Gasteiger partial charge is 0.493 e. The van der Waals surface area contributed by atoms with Crippen LogP contribution in [0.5, 0.6) is 5.75 Å². The van der Waals surface area contributed by atoms with Gasteiger partial charge in [-0.3, -0.25) is 0 Å². The van der Waals surface area contributed by atoms with Crippen LogP contribution in [0.25, 0.3) is 0 Å². The first-order valence-electron chi connectivity index (χ1n) is 7.35. The van der Waals surface area contributed by atoms with Crippen molar-refractivity contribution in [3.8, 4) is 5.75 Å². The Kier molecular flexibility index (Phi) is 9.04. The highest BCUT2D eigenvalue weighted by atomic mass is 16.5. The van der Waals surface area contributed by atoms with Crippen molar-refractivity contribution in [2.45, 2.75) is 26.3 Å². The SMILES string of the molecule is CCCOc1ccccc1C(COCCOC)NCC. The number of likely N-dealkylation sites (N-methyl/N-ethyl adjacent to an activating group) is 1. The maximum absolute atomic E-state index is 5.82. The van der Waals surface area contributed by atoms with Gasteiger partial charge in [-0.2, -0.15) is 0 Å². The van der Waals surface area contributed by atoms with Crippen LogP contribution in [0.2, 0.25) is 0 Å². The molecule has 4 nitrogen and oxygen atoms in total. The highest BCUT2D eigenvalue weighted by molar-refractivity contribution is 5.36. The molecule has 0 aliphatic heterocycles. The fraction of sp³-hybridized carbons (Fsp3) is 0.625. The summed E-state index contributed by atoms with van der Waals surface area (Å²) in [5.74, 6) is 0.940. The van der Waals surface area contributed by atoms with E-state index in [0.29, 0.717) is 19.8 Å². The topological polar surface area (TPSA) is 39.7 Å². The Balaban J connectivity index is 2.68. The lowest BCUT2D eigenvalue weighted by Gasteiger charge is -2.21. The highest BCUT2D eigenvalue weighted by Crippen LogP contribution is 2.25. The van der Waals surface area contributed by atoms with Gasteiger partial charge in [-0.1, -0.05) is 32.0 Å². The number of hydrogen-bond acceptors (Lipinski definition) is 4. The van der Waals surface area contributed by atoms with Gasteiger partial charge in [-0.05, 0) is 19.0 Å². The van der Waals surface area contributed by atoms with Gasteiger partial charge in [0.05, 0.1) is 32.5 Å². The molecule has 0 bridgehead atoms. The molecule has 1 rings (SSSR count). The summed E-state index contributed by atoms with van der Waals surface area (Å²) in [7, 11) is 1.68. The van der Waals surface area contributed by atoms with E-state index in [9.17, 15) is 0 Å². The maximum Gasteiger partial charge on any atom is 0.124 e. The molecule has 0 aliphatic carbocycles. The average molecular weight is 281 g/mol. The van der Waals surface area contributed by atoms with E-state index >= 15 is 0 Å². The summed E-state index contributed by atoms with van der Waals surface area (Å²) in [5.41, 5.74) is 1.15. The van der Waals surface area contributed by atoms with Crippen LogP contribution in [0.4, 0.5) is 0 Å². The van der Waals surface area contributed by atoms with Crippen LogP contribution in [-0.2, 0) is 9.47 Å². The Morgan fingerprint density at radius 1 is 1.10 bits per heavy atom. The molecule has 0 heterocycles. The van der Waals surface area contributed by atoms with Crippen molar-refractivity contribution < 1.29 is 14.2 Å². The van der Waals surface area contributed by atoms with Gasteiger partial charge in [0.1, 0.15) is 5.75 Å². The smallest absolute Gasteiger partial charge is 0.124 e. The molecule has 0 fully saturated rings. The van der Waals surface area contributed by atoms with Gasteiger partial charge in [-0.25, -0.2) is 0 Å². The normalized spacial score (nSPS) is 12.3. The van der Waals surface area contributed by atoms with E-state index in [4.69, 9.17) is 14.2 Å². The van der Waals surface area contributed by atoms with Crippen LogP contribution < -0.4 is 10.1 Å². The third kappa shape index (κ3) is 5.90. The zero-order valence-electron chi connectivity index (χ0n) is 12.9. The molecular formula is C16H27NO3. The molecule has 1 unspecified atom stereocenters. The number of para-hydroxylation sites is 1. The van der Waals surface area contributed by atoms with E-state index < -0.39 is 0 Å². The lowest BCUT2D eigenvalue weighted by Crippen LogP contribution is -2.26. The minimum Gasteiger partial charge on any atom is -0.493 e. The predicted molar refractivity (Wildman–Crippen MR) is 81.3 cm³/mol. The summed E-state index contributed by atoms with van der Waals surface area (Å²) in [6.45, 7) is 7.67. The van der Waals surface area contributed by atoms with Gasteiger partial charge in [-0.15, -0.1) is 0 Å². The molecule has 0 amide bonds. The van der Waals surface area contributed by atoms with Crippen molar-refractivity contribution in [1.29, 1.82) is 0 Å². The fourth-order valence-electron chi connectivity index (χ4n) is 1.96. The Labute approximate surface area is 122 Å². The van der Waals surface area contributed by atoms with Crippen molar-refractivity contribution in [1.82, 2.24) is 5.32 Å². The van der Waals surface area contributed by atoms with Crippen LogP contribution in [0, 0.1) is 0 Å². The number of rotatable bonds is 11. The van der Waals surface area contributed by atoms with E-state index in [1.165, 1.54) is 0 Å². The summed E-state index contributed by atoms with van der Waals surface area (Å²) in [6, 6.07) is 8.30. The molecule has 0 aliphatic rings. The molecule has 4 heteroatoms. The first-order chi connectivity index (χ1) is 9.83. The molecule has 1 atom stereocenters. The highest BCUT2D eigenvalue weighted by Gasteiger charge is 2.15. The monoisotopic (exact) mass is 281 g/mol. The Morgan fingerprint density at radius 3 is 2.60 bits per heavy atom. The molecule has 0 saturated heterocycles. The summed E-state index contributed by atoms with van der Waals surface area (Å²) in [6.07, 6.45) is 1.00. The van der Waals surface area contributed by atoms with Crippen molar-refractivity contribution in [2.24, 2.45) is 0 Å². The molecule has 114 valence electrons. The molecular weight excluding hydrogens is 254 g/mol. The summed E-state index contributed by atoms with van der Waals surface area (Å²) >= 11 is 0. The third-order valence-electron chi connectivity index (χ3n) is 2.92. The lowest BCUT2D eigenvalue weighted by molar-refractivity contribution is 0.0583. The molecule has 1 N–H and O–H groups in total. The summed E-state index contributed by atoms with van der Waals surface area (Å²) in [5, 5.41) is 3.45. The first-order valence-corrected chi connectivity index (χ1v) is 7.35. The summed E-state index contributed by atoms with van der Waals surface area (Å²) in [4.78, 5) is 0. The second-order valence-corrected chi connectivity index (χ2v) is 4.56. The van der Waals surface area contributed by atoms with Crippen LogP contribution in [-0.4, -0.2) is 40.1 Å². The number of hydrogen-bond donors (Lipinski definition) is 1.